The van der Waals surface area contributed by atoms with Crippen molar-refractivity contribution in [1.82, 2.24) is 0 Å². The van der Waals surface area contributed by atoms with Crippen molar-refractivity contribution in [2.24, 2.45) is 11.8 Å². The van der Waals surface area contributed by atoms with E-state index in [1.165, 1.54) is 0 Å². The van der Waals surface area contributed by atoms with Crippen LogP contribution in [0.2, 0.25) is 0 Å². The molecule has 0 aliphatic heterocycles. The van der Waals surface area contributed by atoms with E-state index in [9.17, 15) is 14.9 Å². The Bertz CT molecular complexity index is 356. The van der Waals surface area contributed by atoms with Gasteiger partial charge in [-0.2, -0.15) is 0 Å². The van der Waals surface area contributed by atoms with Gasteiger partial charge in [0.1, 0.15) is 0 Å². The topological polar surface area (TPSA) is 78.7 Å². The van der Waals surface area contributed by atoms with Crippen molar-refractivity contribution < 1.29 is 19.2 Å². The summed E-state index contributed by atoms with van der Waals surface area (Å²) in [5, 5.41) is 11.2. The van der Waals surface area contributed by atoms with Crippen molar-refractivity contribution in [1.29, 1.82) is 0 Å². The highest BCUT2D eigenvalue weighted by Crippen LogP contribution is 2.35. The normalized spacial score (nSPS) is 29.4. The Balaban J connectivity index is 2.85. The zero-order valence-corrected chi connectivity index (χ0v) is 13.4. The number of nitro groups is 1. The van der Waals surface area contributed by atoms with Gasteiger partial charge in [-0.25, -0.2) is 0 Å². The van der Waals surface area contributed by atoms with Gasteiger partial charge < -0.3 is 9.47 Å². The van der Waals surface area contributed by atoms with Gasteiger partial charge in [0.2, 0.25) is 6.04 Å². The zero-order chi connectivity index (χ0) is 16.0. The first-order valence-corrected chi connectivity index (χ1v) is 7.90. The van der Waals surface area contributed by atoms with Crippen LogP contribution in [0.25, 0.3) is 0 Å². The first-order valence-electron chi connectivity index (χ1n) is 7.90. The summed E-state index contributed by atoms with van der Waals surface area (Å²) < 4.78 is 11.1. The summed E-state index contributed by atoms with van der Waals surface area (Å²) in [4.78, 5) is 22.9. The van der Waals surface area contributed by atoms with Crippen molar-refractivity contribution >= 4 is 5.97 Å². The molecule has 6 heteroatoms. The number of carbonyl (C=O) groups excluding carboxylic acids is 1. The Hall–Kier alpha value is -1.17. The zero-order valence-electron chi connectivity index (χ0n) is 13.4. The van der Waals surface area contributed by atoms with Gasteiger partial charge in [-0.15, -0.1) is 0 Å². The van der Waals surface area contributed by atoms with E-state index in [-0.39, 0.29) is 35.4 Å². The van der Waals surface area contributed by atoms with Gasteiger partial charge >= 0.3 is 5.97 Å². The van der Waals surface area contributed by atoms with Crippen molar-refractivity contribution in [3.63, 3.8) is 0 Å². The van der Waals surface area contributed by atoms with Crippen LogP contribution < -0.4 is 0 Å². The van der Waals surface area contributed by atoms with Gasteiger partial charge in [0.05, 0.1) is 24.7 Å². The minimum absolute atomic E-state index is 0.0548. The fraction of sp³-hybridized carbons (Fsp3) is 0.933. The number of hydrogen-bond acceptors (Lipinski definition) is 5. The molecule has 0 radical (unpaired) electrons. The molecule has 0 N–H and O–H groups in total. The quantitative estimate of drug-likeness (QED) is 0.410. The lowest BCUT2D eigenvalue weighted by molar-refractivity contribution is -0.531. The molecule has 0 aromatic heterocycles. The SMILES string of the molecule is CCOC(=O)[C@@H]1C[C@H]([N+](=O)[O-])C[C@H](OC(CC)CC)[C@@H]1C. The third-order valence-electron chi connectivity index (χ3n) is 4.42. The van der Waals surface area contributed by atoms with Crippen LogP contribution >= 0.6 is 0 Å². The van der Waals surface area contributed by atoms with Crippen molar-refractivity contribution in [3.05, 3.63) is 10.1 Å². The largest absolute Gasteiger partial charge is 0.466 e. The molecule has 1 aliphatic rings. The second-order valence-electron chi connectivity index (χ2n) is 5.74. The summed E-state index contributed by atoms with van der Waals surface area (Å²) in [6.07, 6.45) is 2.19. The Morgan fingerprint density at radius 3 is 2.38 bits per heavy atom. The van der Waals surface area contributed by atoms with Gasteiger partial charge in [0, 0.05) is 17.8 Å². The van der Waals surface area contributed by atoms with Gasteiger partial charge in [-0.05, 0) is 25.7 Å². The molecule has 0 unspecified atom stereocenters. The molecule has 1 aliphatic carbocycles. The fourth-order valence-corrected chi connectivity index (χ4v) is 2.99. The number of carbonyl (C=O) groups is 1. The summed E-state index contributed by atoms with van der Waals surface area (Å²) in [5.74, 6) is -0.844. The molecular weight excluding hydrogens is 274 g/mol. The minimum Gasteiger partial charge on any atom is -0.466 e. The lowest BCUT2D eigenvalue weighted by Gasteiger charge is -2.37. The molecule has 0 amide bonds. The Morgan fingerprint density at radius 1 is 1.29 bits per heavy atom. The summed E-state index contributed by atoms with van der Waals surface area (Å²) in [5.41, 5.74) is 0. The highest BCUT2D eigenvalue weighted by atomic mass is 16.6. The molecule has 122 valence electrons. The third-order valence-corrected chi connectivity index (χ3v) is 4.42. The molecule has 0 aromatic rings. The van der Waals surface area contributed by atoms with Crippen LogP contribution in [-0.4, -0.2) is 35.7 Å². The maximum atomic E-state index is 12.0. The van der Waals surface area contributed by atoms with Gasteiger partial charge in [-0.1, -0.05) is 20.8 Å². The van der Waals surface area contributed by atoms with Crippen molar-refractivity contribution in [2.75, 3.05) is 6.61 Å². The summed E-state index contributed by atoms with van der Waals surface area (Å²) in [6.45, 7) is 8.05. The van der Waals surface area contributed by atoms with Crippen LogP contribution in [-0.2, 0) is 14.3 Å². The van der Waals surface area contributed by atoms with Crippen molar-refractivity contribution in [2.45, 2.75) is 71.6 Å². The minimum atomic E-state index is -0.727. The monoisotopic (exact) mass is 301 g/mol. The molecule has 6 nitrogen and oxygen atoms in total. The van der Waals surface area contributed by atoms with E-state index in [0.717, 1.165) is 12.8 Å². The predicted molar refractivity (Wildman–Crippen MR) is 78.5 cm³/mol. The van der Waals surface area contributed by atoms with E-state index in [4.69, 9.17) is 9.47 Å². The molecule has 1 rings (SSSR count). The molecule has 0 bridgehead atoms. The second kappa shape index (κ2) is 8.32. The maximum Gasteiger partial charge on any atom is 0.309 e. The molecule has 0 spiro atoms. The van der Waals surface area contributed by atoms with Crippen LogP contribution in [0.15, 0.2) is 0 Å². The van der Waals surface area contributed by atoms with Gasteiger partial charge in [-0.3, -0.25) is 14.9 Å². The van der Waals surface area contributed by atoms with Crippen molar-refractivity contribution in [3.8, 4) is 0 Å². The highest BCUT2D eigenvalue weighted by molar-refractivity contribution is 5.73. The molecular formula is C15H27NO5. The van der Waals surface area contributed by atoms with Gasteiger partial charge in [0.15, 0.2) is 0 Å². The Labute approximate surface area is 126 Å². The molecule has 0 saturated heterocycles. The fourth-order valence-electron chi connectivity index (χ4n) is 2.99. The van der Waals surface area contributed by atoms with Crippen LogP contribution in [0, 0.1) is 22.0 Å². The van der Waals surface area contributed by atoms with Crippen LogP contribution in [0.1, 0.15) is 53.4 Å². The Morgan fingerprint density at radius 2 is 1.90 bits per heavy atom. The molecule has 21 heavy (non-hydrogen) atoms. The molecule has 1 fully saturated rings. The van der Waals surface area contributed by atoms with Gasteiger partial charge in [0.25, 0.3) is 0 Å². The number of nitrogens with zero attached hydrogens (tertiary/aromatic N) is 1. The standard InChI is InChI=1S/C15H27NO5/c1-5-12(6-2)21-14-9-11(16(18)19)8-13(10(14)4)15(17)20-7-3/h10-14H,5-9H2,1-4H3/t10-,11+,13-,14+/m1/s1. The summed E-state index contributed by atoms with van der Waals surface area (Å²) in [6, 6.07) is -0.727. The first kappa shape index (κ1) is 17.9. The summed E-state index contributed by atoms with van der Waals surface area (Å²) in [7, 11) is 0. The van der Waals surface area contributed by atoms with Crippen LogP contribution in [0.5, 0.6) is 0 Å². The lowest BCUT2D eigenvalue weighted by Crippen LogP contribution is -2.46. The molecule has 4 atom stereocenters. The van der Waals surface area contributed by atoms with E-state index >= 15 is 0 Å². The van der Waals surface area contributed by atoms with E-state index in [1.54, 1.807) is 6.92 Å². The maximum absolute atomic E-state index is 12.0. The highest BCUT2D eigenvalue weighted by Gasteiger charge is 2.45. The first-order chi connectivity index (χ1) is 9.94. The molecule has 1 saturated carbocycles. The van der Waals surface area contributed by atoms with E-state index < -0.39 is 12.0 Å². The molecule has 0 heterocycles. The smallest absolute Gasteiger partial charge is 0.309 e. The van der Waals surface area contributed by atoms with Crippen LogP contribution in [0.3, 0.4) is 0 Å². The Kier molecular flexibility index (Phi) is 7.08. The predicted octanol–water partition coefficient (Wildman–Crippen LogP) is 2.81. The third kappa shape index (κ3) is 4.66. The summed E-state index contributed by atoms with van der Waals surface area (Å²) >= 11 is 0. The second-order valence-corrected chi connectivity index (χ2v) is 5.74. The van der Waals surface area contributed by atoms with E-state index in [0.29, 0.717) is 13.0 Å². The van der Waals surface area contributed by atoms with Crippen LogP contribution in [0.4, 0.5) is 0 Å². The number of hydrogen-bond donors (Lipinski definition) is 0. The average Bonchev–Trinajstić information content (AvgIpc) is 2.46. The average molecular weight is 301 g/mol. The number of rotatable bonds is 7. The molecule has 0 aromatic carbocycles. The lowest BCUT2D eigenvalue weighted by atomic mass is 9.76. The number of esters is 1. The van der Waals surface area contributed by atoms with E-state index in [2.05, 4.69) is 0 Å². The van der Waals surface area contributed by atoms with E-state index in [1.807, 2.05) is 20.8 Å². The number of ether oxygens (including phenoxy) is 2.